The van der Waals surface area contributed by atoms with Gasteiger partial charge in [0, 0.05) is 29.7 Å². The van der Waals surface area contributed by atoms with Gasteiger partial charge in [0.1, 0.15) is 18.2 Å². The highest BCUT2D eigenvalue weighted by Crippen LogP contribution is 2.50. The predicted octanol–water partition coefficient (Wildman–Crippen LogP) is 4.13. The molecule has 2 heterocycles. The van der Waals surface area contributed by atoms with Gasteiger partial charge in [0.15, 0.2) is 0 Å². The van der Waals surface area contributed by atoms with Crippen LogP contribution in [0, 0.1) is 30.4 Å². The summed E-state index contributed by atoms with van der Waals surface area (Å²) in [5.74, 6) is -1.38. The topological polar surface area (TPSA) is 79.6 Å². The highest BCUT2D eigenvalue weighted by Gasteiger charge is 2.46. The molecule has 9 heteroatoms. The molecule has 1 aromatic heterocycles. The van der Waals surface area contributed by atoms with E-state index in [9.17, 15) is 27.1 Å². The van der Waals surface area contributed by atoms with Crippen LogP contribution < -0.4 is 0 Å². The van der Waals surface area contributed by atoms with Crippen LogP contribution >= 0.6 is 0 Å². The second-order valence-corrected chi connectivity index (χ2v) is 11.0. The minimum absolute atomic E-state index is 0.0866. The summed E-state index contributed by atoms with van der Waals surface area (Å²) >= 11 is 0. The van der Waals surface area contributed by atoms with Crippen molar-refractivity contribution in [1.82, 2.24) is 8.87 Å². The first-order valence-electron chi connectivity index (χ1n) is 10.9. The first kappa shape index (κ1) is 22.0. The van der Waals surface area contributed by atoms with E-state index in [0.717, 1.165) is 41.6 Å². The third kappa shape index (κ3) is 3.73. The number of benzene rings is 2. The number of hydrogen-bond acceptors (Lipinski definition) is 3. The molecule has 2 unspecified atom stereocenters. The number of hydrogen-bond donors (Lipinski definition) is 1. The SMILES string of the molecule is Cc1c(C2CC3CN(S(=O)(=O)c4ccc(F)cc4)CC3C2)c2cc(F)ccc2n1CC(=O)O. The van der Waals surface area contributed by atoms with Crippen LogP contribution in [0.4, 0.5) is 8.78 Å². The third-order valence-electron chi connectivity index (χ3n) is 7.20. The summed E-state index contributed by atoms with van der Waals surface area (Å²) in [6.45, 7) is 2.46. The lowest BCUT2D eigenvalue weighted by Gasteiger charge is -2.20. The Hall–Kier alpha value is -2.78. The van der Waals surface area contributed by atoms with Gasteiger partial charge >= 0.3 is 5.97 Å². The summed E-state index contributed by atoms with van der Waals surface area (Å²) in [4.78, 5) is 11.5. The van der Waals surface area contributed by atoms with E-state index in [1.165, 1.54) is 28.6 Å². The molecule has 2 fully saturated rings. The molecule has 3 aromatic rings. The van der Waals surface area contributed by atoms with E-state index < -0.39 is 21.8 Å². The molecule has 0 amide bonds. The van der Waals surface area contributed by atoms with Gasteiger partial charge in [0.2, 0.25) is 10.0 Å². The average Bonchev–Trinajstić information content (AvgIpc) is 3.39. The Morgan fingerprint density at radius 3 is 2.24 bits per heavy atom. The van der Waals surface area contributed by atoms with E-state index in [2.05, 4.69) is 0 Å². The van der Waals surface area contributed by atoms with Crippen LogP contribution in [0.25, 0.3) is 10.9 Å². The Morgan fingerprint density at radius 1 is 1.03 bits per heavy atom. The second kappa shape index (κ2) is 7.92. The molecule has 174 valence electrons. The lowest BCUT2D eigenvalue weighted by molar-refractivity contribution is -0.137. The zero-order valence-corrected chi connectivity index (χ0v) is 18.9. The zero-order valence-electron chi connectivity index (χ0n) is 18.0. The highest BCUT2D eigenvalue weighted by molar-refractivity contribution is 7.89. The average molecular weight is 475 g/mol. The molecule has 1 N–H and O–H groups in total. The van der Waals surface area contributed by atoms with Gasteiger partial charge in [-0.3, -0.25) is 4.79 Å². The van der Waals surface area contributed by atoms with Crippen LogP contribution in [-0.2, 0) is 21.4 Å². The fourth-order valence-electron chi connectivity index (χ4n) is 5.78. The zero-order chi connectivity index (χ0) is 23.5. The first-order valence-corrected chi connectivity index (χ1v) is 12.3. The summed E-state index contributed by atoms with van der Waals surface area (Å²) in [6, 6.07) is 9.30. The summed E-state index contributed by atoms with van der Waals surface area (Å²) in [6.07, 6.45) is 1.51. The molecule has 0 radical (unpaired) electrons. The fourth-order valence-corrected chi connectivity index (χ4v) is 7.33. The van der Waals surface area contributed by atoms with Crippen LogP contribution in [0.2, 0.25) is 0 Å². The van der Waals surface area contributed by atoms with Gasteiger partial charge in [-0.05, 0) is 85.5 Å². The molecule has 1 aliphatic heterocycles. The number of aliphatic carboxylic acids is 1. The second-order valence-electron chi connectivity index (χ2n) is 9.10. The van der Waals surface area contributed by atoms with Crippen LogP contribution in [0.15, 0.2) is 47.4 Å². The van der Waals surface area contributed by atoms with Crippen LogP contribution in [0.5, 0.6) is 0 Å². The van der Waals surface area contributed by atoms with E-state index in [4.69, 9.17) is 0 Å². The van der Waals surface area contributed by atoms with Gasteiger partial charge in [0.05, 0.1) is 4.90 Å². The summed E-state index contributed by atoms with van der Waals surface area (Å²) in [7, 11) is -3.69. The lowest BCUT2D eigenvalue weighted by atomic mass is 9.93. The van der Waals surface area contributed by atoms with Crippen molar-refractivity contribution in [2.45, 2.75) is 37.1 Å². The van der Waals surface area contributed by atoms with Gasteiger partial charge < -0.3 is 9.67 Å². The number of carboxylic acid groups (broad SMARTS) is 1. The lowest BCUT2D eigenvalue weighted by Crippen LogP contribution is -2.30. The normalized spacial score (nSPS) is 23.3. The van der Waals surface area contributed by atoms with Crippen molar-refractivity contribution in [2.24, 2.45) is 11.8 Å². The van der Waals surface area contributed by atoms with Crippen LogP contribution in [0.1, 0.15) is 30.0 Å². The molecule has 2 aromatic carbocycles. The van der Waals surface area contributed by atoms with Crippen molar-refractivity contribution in [3.63, 3.8) is 0 Å². The number of sulfonamides is 1. The van der Waals surface area contributed by atoms with Crippen molar-refractivity contribution < 1.29 is 27.1 Å². The molecule has 33 heavy (non-hydrogen) atoms. The Labute approximate surface area is 190 Å². The van der Waals surface area contributed by atoms with E-state index in [0.29, 0.717) is 18.6 Å². The molecule has 1 aliphatic carbocycles. The van der Waals surface area contributed by atoms with E-state index in [1.807, 2.05) is 6.92 Å². The summed E-state index contributed by atoms with van der Waals surface area (Å²) < 4.78 is 56.5. The Bertz CT molecular complexity index is 1340. The molecular weight excluding hydrogens is 450 g/mol. The Morgan fingerprint density at radius 2 is 1.64 bits per heavy atom. The molecule has 1 saturated heterocycles. The molecule has 0 spiro atoms. The first-order chi connectivity index (χ1) is 15.6. The number of carboxylic acids is 1. The molecule has 2 atom stereocenters. The summed E-state index contributed by atoms with van der Waals surface area (Å²) in [5, 5.41) is 10.1. The number of aromatic nitrogens is 1. The molecule has 6 nitrogen and oxygen atoms in total. The van der Waals surface area contributed by atoms with Gasteiger partial charge in [0.25, 0.3) is 0 Å². The number of rotatable bonds is 5. The number of carbonyl (C=O) groups is 1. The standard InChI is InChI=1S/C24H24F2N2O4S/c1-14-24(21-10-19(26)4-7-22(21)28(14)13-23(29)30)15-8-16-11-27(12-17(16)9-15)33(31,32)20-5-2-18(25)3-6-20/h2-7,10,15-17H,8-9,11-13H2,1H3,(H,29,30). The minimum Gasteiger partial charge on any atom is -0.480 e. The number of nitrogens with zero attached hydrogens (tertiary/aromatic N) is 2. The monoisotopic (exact) mass is 474 g/mol. The van der Waals surface area contributed by atoms with Crippen LogP contribution in [-0.4, -0.2) is 41.5 Å². The third-order valence-corrected chi connectivity index (χ3v) is 9.05. The maximum atomic E-state index is 14.1. The van der Waals surface area contributed by atoms with E-state index in [-0.39, 0.29) is 35.0 Å². The smallest absolute Gasteiger partial charge is 0.323 e. The number of fused-ring (bicyclic) bond motifs is 2. The van der Waals surface area contributed by atoms with Crippen LogP contribution in [0.3, 0.4) is 0 Å². The Balaban J connectivity index is 1.41. The van der Waals surface area contributed by atoms with Gasteiger partial charge in [-0.1, -0.05) is 0 Å². The number of halogens is 2. The maximum absolute atomic E-state index is 14.1. The quantitative estimate of drug-likeness (QED) is 0.603. The highest BCUT2D eigenvalue weighted by atomic mass is 32.2. The summed E-state index contributed by atoms with van der Waals surface area (Å²) in [5.41, 5.74) is 2.48. The van der Waals surface area contributed by atoms with Crippen molar-refractivity contribution in [2.75, 3.05) is 13.1 Å². The molecular formula is C24H24F2N2O4S. The predicted molar refractivity (Wildman–Crippen MR) is 118 cm³/mol. The van der Waals surface area contributed by atoms with Gasteiger partial charge in [-0.15, -0.1) is 0 Å². The molecule has 0 bridgehead atoms. The van der Waals surface area contributed by atoms with Crippen molar-refractivity contribution in [1.29, 1.82) is 0 Å². The van der Waals surface area contributed by atoms with Crippen molar-refractivity contribution >= 4 is 26.9 Å². The van der Waals surface area contributed by atoms with Gasteiger partial charge in [-0.2, -0.15) is 4.31 Å². The van der Waals surface area contributed by atoms with E-state index in [1.54, 1.807) is 10.6 Å². The van der Waals surface area contributed by atoms with Gasteiger partial charge in [-0.25, -0.2) is 17.2 Å². The molecule has 2 aliphatic rings. The largest absolute Gasteiger partial charge is 0.480 e. The minimum atomic E-state index is -3.69. The maximum Gasteiger partial charge on any atom is 0.323 e. The molecule has 5 rings (SSSR count). The Kier molecular flexibility index (Phi) is 5.29. The van der Waals surface area contributed by atoms with Crippen molar-refractivity contribution in [3.8, 4) is 0 Å². The fraction of sp³-hybridized carbons (Fsp3) is 0.375. The van der Waals surface area contributed by atoms with Crippen molar-refractivity contribution in [3.05, 3.63) is 65.4 Å². The molecule has 1 saturated carbocycles. The van der Waals surface area contributed by atoms with E-state index >= 15 is 0 Å².